The van der Waals surface area contributed by atoms with Gasteiger partial charge in [-0.2, -0.15) is 0 Å². The van der Waals surface area contributed by atoms with Gasteiger partial charge in [-0.3, -0.25) is 29.0 Å². The molecule has 0 saturated carbocycles. The summed E-state index contributed by atoms with van der Waals surface area (Å²) in [5.74, 6) is -0.470. The molecular formula is C58H69N7O9. The van der Waals surface area contributed by atoms with Crippen molar-refractivity contribution in [2.24, 2.45) is 29.6 Å². The molecule has 4 aromatic carbocycles. The number of amides is 3. The summed E-state index contributed by atoms with van der Waals surface area (Å²) in [4.78, 5) is 73.3. The van der Waals surface area contributed by atoms with Crippen molar-refractivity contribution in [2.45, 2.75) is 77.9 Å². The summed E-state index contributed by atoms with van der Waals surface area (Å²) in [5, 5.41) is 9.09. The van der Waals surface area contributed by atoms with Crippen molar-refractivity contribution in [2.75, 3.05) is 57.3 Å². The van der Waals surface area contributed by atoms with Gasteiger partial charge in [0.2, 0.25) is 11.8 Å². The van der Waals surface area contributed by atoms with Crippen molar-refractivity contribution in [3.05, 3.63) is 137 Å². The van der Waals surface area contributed by atoms with Gasteiger partial charge in [0.1, 0.15) is 0 Å². The third kappa shape index (κ3) is 14.4. The third-order valence-electron chi connectivity index (χ3n) is 13.1. The standard InChI is InChI=1S/C58H69N7O9/c1-37(2)56(61-39(4)21-24-72-26-27-73-25-22-59)52(67)28-38(3)57(69)63-45-19-17-42(18-20-45)41-15-13-40(14-16-41)29-51(66)50-31-46(36-64(50)5)62-55(68)12-9-23-74-54-33-49-48(32-53(54)71-6)58(70)65-35-44-11-8-7-10-43(44)30-47(65)34-60-49/h7-8,10-11,13-20,31-34,36-38,47,56,61H,4,9,12,21-30,35,59H2,1-3,5-6H3,(H,62,68)(H,63,69)/t38-,47+,56+/m1/s1. The Hall–Kier alpha value is -7.40. The Kier molecular flexibility index (Phi) is 19.1. The SMILES string of the molecule is C=C(CCOCCOCCN)N[C@H](C(=O)C[C@@H](C)C(=O)Nc1ccc(-c2ccc(CC(=O)c3cc(NC(=O)CCCOc4cc5c(cc4OC)C(=O)N4Cc6ccccc6C[C@H]4C=N5)cn3C)cc2)cc1)C(C)C. The highest BCUT2D eigenvalue weighted by Crippen LogP contribution is 2.38. The monoisotopic (exact) mass is 1010 g/mol. The highest BCUT2D eigenvalue weighted by atomic mass is 16.5. The predicted octanol–water partition coefficient (Wildman–Crippen LogP) is 8.25. The van der Waals surface area contributed by atoms with E-state index >= 15 is 0 Å². The Morgan fingerprint density at radius 3 is 2.23 bits per heavy atom. The number of carbonyl (C=O) groups excluding carboxylic acids is 5. The Balaban J connectivity index is 0.832. The molecule has 0 saturated heterocycles. The van der Waals surface area contributed by atoms with Crippen LogP contribution < -0.4 is 31.2 Å². The number of methoxy groups -OCH3 is 1. The van der Waals surface area contributed by atoms with E-state index in [4.69, 9.17) is 29.7 Å². The zero-order valence-corrected chi connectivity index (χ0v) is 43.1. The molecule has 0 unspecified atom stereocenters. The number of nitrogens with zero attached hydrogens (tertiary/aromatic N) is 3. The number of rotatable bonds is 27. The van der Waals surface area contributed by atoms with Crippen LogP contribution in [0.5, 0.6) is 11.5 Å². The number of Topliss-reactive ketones (excluding diaryl/α,β-unsaturated/α-hetero) is 2. The highest BCUT2D eigenvalue weighted by Gasteiger charge is 2.33. The summed E-state index contributed by atoms with van der Waals surface area (Å²) in [6, 6.07) is 27.8. The number of nitrogens with one attached hydrogen (secondary N) is 3. The van der Waals surface area contributed by atoms with Crippen LogP contribution in [0.25, 0.3) is 11.1 Å². The average Bonchev–Trinajstić information content (AvgIpc) is 3.70. The van der Waals surface area contributed by atoms with E-state index in [2.05, 4.69) is 34.7 Å². The van der Waals surface area contributed by atoms with Gasteiger partial charge in [0, 0.05) is 81.6 Å². The van der Waals surface area contributed by atoms with Crippen LogP contribution in [0.3, 0.4) is 0 Å². The number of fused-ring (bicyclic) bond motifs is 3. The number of carbonyl (C=O) groups is 5. The lowest BCUT2D eigenvalue weighted by molar-refractivity contribution is -0.127. The first-order valence-corrected chi connectivity index (χ1v) is 25.3. The first kappa shape index (κ1) is 54.4. The second-order valence-corrected chi connectivity index (χ2v) is 19.2. The molecule has 0 spiro atoms. The van der Waals surface area contributed by atoms with E-state index in [1.807, 2.05) is 85.6 Å². The van der Waals surface area contributed by atoms with Crippen LogP contribution in [0.2, 0.25) is 0 Å². The largest absolute Gasteiger partial charge is 0.493 e. The van der Waals surface area contributed by atoms with Crippen molar-refractivity contribution >= 4 is 52.6 Å². The van der Waals surface area contributed by atoms with E-state index < -0.39 is 12.0 Å². The van der Waals surface area contributed by atoms with E-state index in [0.717, 1.165) is 22.3 Å². The number of aromatic nitrogens is 1. The van der Waals surface area contributed by atoms with Gasteiger partial charge >= 0.3 is 0 Å². The number of anilines is 2. The van der Waals surface area contributed by atoms with Crippen LogP contribution in [0.1, 0.15) is 84.0 Å². The highest BCUT2D eigenvalue weighted by molar-refractivity contribution is 6.04. The fourth-order valence-electron chi connectivity index (χ4n) is 9.01. The van der Waals surface area contributed by atoms with Gasteiger partial charge in [-0.15, -0.1) is 0 Å². The molecule has 3 heterocycles. The number of hydrogen-bond donors (Lipinski definition) is 4. The number of aliphatic imine (C=N–C) groups is 1. The van der Waals surface area contributed by atoms with Gasteiger partial charge in [0.25, 0.3) is 5.91 Å². The lowest BCUT2D eigenvalue weighted by atomic mass is 9.92. The Labute approximate surface area is 433 Å². The Morgan fingerprint density at radius 2 is 1.53 bits per heavy atom. The lowest BCUT2D eigenvalue weighted by Gasteiger charge is -2.34. The van der Waals surface area contributed by atoms with Crippen molar-refractivity contribution in [3.63, 3.8) is 0 Å². The first-order valence-electron chi connectivity index (χ1n) is 25.3. The molecular weight excluding hydrogens is 939 g/mol. The third-order valence-corrected chi connectivity index (χ3v) is 13.1. The van der Waals surface area contributed by atoms with Crippen LogP contribution in [0.15, 0.2) is 114 Å². The van der Waals surface area contributed by atoms with Gasteiger partial charge in [-0.1, -0.05) is 88.0 Å². The predicted molar refractivity (Wildman–Crippen MR) is 287 cm³/mol. The smallest absolute Gasteiger partial charge is 0.257 e. The van der Waals surface area contributed by atoms with E-state index in [0.29, 0.717) is 104 Å². The van der Waals surface area contributed by atoms with Crippen LogP contribution in [-0.4, -0.2) is 104 Å². The zero-order chi connectivity index (χ0) is 52.7. The van der Waals surface area contributed by atoms with E-state index in [1.165, 1.54) is 12.7 Å². The topological polar surface area (TPSA) is 205 Å². The minimum atomic E-state index is -0.553. The average molecular weight is 1010 g/mol. The molecule has 0 bridgehead atoms. The fourth-order valence-corrected chi connectivity index (χ4v) is 9.01. The van der Waals surface area contributed by atoms with Crippen molar-refractivity contribution in [1.29, 1.82) is 0 Å². The van der Waals surface area contributed by atoms with Crippen LogP contribution in [-0.2, 0) is 50.3 Å². The minimum absolute atomic E-state index is 0.00738. The van der Waals surface area contributed by atoms with E-state index in [-0.39, 0.29) is 67.1 Å². The van der Waals surface area contributed by atoms with Crippen LogP contribution >= 0.6 is 0 Å². The van der Waals surface area contributed by atoms with E-state index in [1.54, 1.807) is 42.9 Å². The molecule has 390 valence electrons. The maximum Gasteiger partial charge on any atom is 0.257 e. The normalized spacial score (nSPS) is 14.5. The zero-order valence-electron chi connectivity index (χ0n) is 43.1. The molecule has 0 radical (unpaired) electrons. The van der Waals surface area contributed by atoms with Crippen molar-refractivity contribution < 1.29 is 42.9 Å². The van der Waals surface area contributed by atoms with Gasteiger partial charge in [0.15, 0.2) is 23.1 Å². The van der Waals surface area contributed by atoms with E-state index in [9.17, 15) is 24.0 Å². The summed E-state index contributed by atoms with van der Waals surface area (Å²) in [7, 11) is 3.29. The Bertz CT molecular complexity index is 2820. The quantitative estimate of drug-likeness (QED) is 0.0291. The number of nitrogens with two attached hydrogens (primary N) is 1. The molecule has 3 atom stereocenters. The maximum absolute atomic E-state index is 13.7. The summed E-state index contributed by atoms with van der Waals surface area (Å²) < 4.78 is 24.3. The Morgan fingerprint density at radius 1 is 0.824 bits per heavy atom. The van der Waals surface area contributed by atoms with Gasteiger partial charge in [-0.05, 0) is 70.8 Å². The molecule has 7 rings (SSSR count). The maximum atomic E-state index is 13.7. The molecule has 74 heavy (non-hydrogen) atoms. The number of hydrogen-bond acceptors (Lipinski definition) is 12. The number of ketones is 2. The molecule has 16 nitrogen and oxygen atoms in total. The van der Waals surface area contributed by atoms with Crippen LogP contribution in [0.4, 0.5) is 17.1 Å². The molecule has 16 heteroatoms. The van der Waals surface area contributed by atoms with Crippen molar-refractivity contribution in [1.82, 2.24) is 14.8 Å². The molecule has 1 aromatic heterocycles. The molecule has 2 aliphatic heterocycles. The fraction of sp³-hybridized carbons (Fsp3) is 0.379. The van der Waals surface area contributed by atoms with Gasteiger partial charge < -0.3 is 50.1 Å². The minimum Gasteiger partial charge on any atom is -0.493 e. The number of aryl methyl sites for hydroxylation is 1. The molecule has 0 fully saturated rings. The molecule has 5 aromatic rings. The second-order valence-electron chi connectivity index (χ2n) is 19.2. The second kappa shape index (κ2) is 26.0. The molecule has 3 amide bonds. The summed E-state index contributed by atoms with van der Waals surface area (Å²) in [5.41, 5.74) is 13.7. The molecule has 2 aliphatic rings. The summed E-state index contributed by atoms with van der Waals surface area (Å²) in [6.07, 6.45) is 5.59. The summed E-state index contributed by atoms with van der Waals surface area (Å²) in [6.45, 7) is 12.8. The molecule has 0 aliphatic carbocycles. The number of ether oxygens (including phenoxy) is 4. The lowest BCUT2D eigenvalue weighted by Crippen LogP contribution is -2.44. The molecule has 5 N–H and O–H groups in total. The van der Waals surface area contributed by atoms with Gasteiger partial charge in [0.05, 0.1) is 74.9 Å². The van der Waals surface area contributed by atoms with Gasteiger partial charge in [-0.25, -0.2) is 0 Å². The summed E-state index contributed by atoms with van der Waals surface area (Å²) >= 11 is 0. The van der Waals surface area contributed by atoms with Crippen molar-refractivity contribution in [3.8, 4) is 22.6 Å². The van der Waals surface area contributed by atoms with Crippen LogP contribution in [0, 0.1) is 11.8 Å². The number of benzene rings is 4. The first-order chi connectivity index (χ1) is 35.7.